The highest BCUT2D eigenvalue weighted by molar-refractivity contribution is 7.89. The quantitative estimate of drug-likeness (QED) is 0.797. The van der Waals surface area contributed by atoms with Crippen molar-refractivity contribution in [3.63, 3.8) is 0 Å². The summed E-state index contributed by atoms with van der Waals surface area (Å²) < 4.78 is 31.1. The minimum Gasteiger partial charge on any atom is -0.381 e. The minimum absolute atomic E-state index is 0. The van der Waals surface area contributed by atoms with E-state index in [0.29, 0.717) is 26.3 Å². The fourth-order valence-electron chi connectivity index (χ4n) is 2.22. The Hall–Kier alpha value is 0.120. The second-order valence-electron chi connectivity index (χ2n) is 4.51. The summed E-state index contributed by atoms with van der Waals surface area (Å²) in [5.41, 5.74) is 0. The highest BCUT2D eigenvalue weighted by Crippen LogP contribution is 2.17. The van der Waals surface area contributed by atoms with E-state index in [1.54, 1.807) is 4.31 Å². The predicted molar refractivity (Wildman–Crippen MR) is 69.0 cm³/mol. The topological polar surface area (TPSA) is 58.6 Å². The van der Waals surface area contributed by atoms with E-state index in [0.717, 1.165) is 25.9 Å². The lowest BCUT2D eigenvalue weighted by molar-refractivity contribution is 0.188. The molecule has 2 heterocycles. The van der Waals surface area contributed by atoms with Gasteiger partial charge in [-0.1, -0.05) is 0 Å². The molecule has 2 aliphatic heterocycles. The summed E-state index contributed by atoms with van der Waals surface area (Å²) >= 11 is 0. The van der Waals surface area contributed by atoms with Crippen molar-refractivity contribution in [3.05, 3.63) is 0 Å². The van der Waals surface area contributed by atoms with Crippen LogP contribution in [0.3, 0.4) is 0 Å². The van der Waals surface area contributed by atoms with Crippen LogP contribution in [0.2, 0.25) is 0 Å². The third kappa shape index (κ3) is 4.37. The first kappa shape index (κ1) is 15.2. The molecule has 2 aliphatic rings. The van der Waals surface area contributed by atoms with Crippen LogP contribution in [0.5, 0.6) is 0 Å². The fraction of sp³-hybridized carbons (Fsp3) is 1.00. The van der Waals surface area contributed by atoms with Crippen LogP contribution in [-0.2, 0) is 14.8 Å². The van der Waals surface area contributed by atoms with Gasteiger partial charge in [-0.2, -0.15) is 0 Å². The number of nitrogens with one attached hydrogen (secondary N) is 1. The van der Waals surface area contributed by atoms with Crippen molar-refractivity contribution in [2.45, 2.75) is 12.8 Å². The molecule has 0 aromatic heterocycles. The molecule has 0 saturated carbocycles. The zero-order valence-corrected chi connectivity index (χ0v) is 11.6. The van der Waals surface area contributed by atoms with Gasteiger partial charge in [-0.3, -0.25) is 0 Å². The zero-order chi connectivity index (χ0) is 11.4. The first-order chi connectivity index (χ1) is 7.68. The van der Waals surface area contributed by atoms with Gasteiger partial charge >= 0.3 is 0 Å². The molecule has 0 amide bonds. The van der Waals surface area contributed by atoms with Gasteiger partial charge in [-0.25, -0.2) is 12.7 Å². The van der Waals surface area contributed by atoms with Gasteiger partial charge in [-0.05, 0) is 25.3 Å². The molecule has 2 rings (SSSR count). The van der Waals surface area contributed by atoms with E-state index in [-0.39, 0.29) is 24.1 Å². The second kappa shape index (κ2) is 6.89. The van der Waals surface area contributed by atoms with E-state index in [1.165, 1.54) is 0 Å². The summed E-state index contributed by atoms with van der Waals surface area (Å²) in [7, 11) is -3.08. The molecule has 1 atom stereocenters. The lowest BCUT2D eigenvalue weighted by Gasteiger charge is -2.21. The summed E-state index contributed by atoms with van der Waals surface area (Å²) in [5, 5.41) is 3.21. The van der Waals surface area contributed by atoms with E-state index < -0.39 is 10.0 Å². The van der Waals surface area contributed by atoms with Crippen LogP contribution in [0, 0.1) is 5.92 Å². The average molecular weight is 285 g/mol. The van der Waals surface area contributed by atoms with Crippen molar-refractivity contribution in [1.29, 1.82) is 0 Å². The molecule has 1 unspecified atom stereocenters. The fourth-order valence-corrected chi connectivity index (χ4v) is 4.06. The zero-order valence-electron chi connectivity index (χ0n) is 9.93. The first-order valence-electron chi connectivity index (χ1n) is 5.95. The summed E-state index contributed by atoms with van der Waals surface area (Å²) in [4.78, 5) is 0. The van der Waals surface area contributed by atoms with E-state index in [9.17, 15) is 8.42 Å². The monoisotopic (exact) mass is 284 g/mol. The Labute approximate surface area is 109 Å². The molecule has 5 nitrogen and oxygen atoms in total. The molecular weight excluding hydrogens is 264 g/mol. The lowest BCUT2D eigenvalue weighted by Crippen LogP contribution is -2.37. The van der Waals surface area contributed by atoms with Crippen LogP contribution >= 0.6 is 12.4 Å². The summed E-state index contributed by atoms with van der Waals surface area (Å²) in [6, 6.07) is 0. The van der Waals surface area contributed by atoms with Crippen LogP contribution in [0.25, 0.3) is 0 Å². The number of halogens is 1. The predicted octanol–water partition coefficient (Wildman–Crippen LogP) is 0.0698. The molecule has 0 aromatic rings. The Kier molecular flexibility index (Phi) is 6.16. The maximum absolute atomic E-state index is 12.1. The summed E-state index contributed by atoms with van der Waals surface area (Å²) in [6.45, 7) is 4.25. The highest BCUT2D eigenvalue weighted by atomic mass is 35.5. The van der Waals surface area contributed by atoms with Crippen molar-refractivity contribution in [1.82, 2.24) is 9.62 Å². The van der Waals surface area contributed by atoms with Gasteiger partial charge in [0, 0.05) is 26.2 Å². The number of rotatable bonds is 3. The summed E-state index contributed by atoms with van der Waals surface area (Å²) in [5.74, 6) is 0.453. The maximum atomic E-state index is 12.1. The van der Waals surface area contributed by atoms with E-state index >= 15 is 0 Å². The van der Waals surface area contributed by atoms with Gasteiger partial charge in [0.15, 0.2) is 0 Å². The van der Waals surface area contributed by atoms with Crippen molar-refractivity contribution >= 4 is 22.4 Å². The minimum atomic E-state index is -3.08. The molecule has 0 spiro atoms. The third-order valence-electron chi connectivity index (χ3n) is 3.16. The van der Waals surface area contributed by atoms with Gasteiger partial charge in [0.25, 0.3) is 0 Å². The van der Waals surface area contributed by atoms with Crippen molar-refractivity contribution in [3.8, 4) is 0 Å². The summed E-state index contributed by atoms with van der Waals surface area (Å²) in [6.07, 6.45) is 1.78. The first-order valence-corrected chi connectivity index (χ1v) is 7.56. The van der Waals surface area contributed by atoms with Crippen LogP contribution in [0.15, 0.2) is 0 Å². The van der Waals surface area contributed by atoms with Gasteiger partial charge in [0.2, 0.25) is 10.0 Å². The smallest absolute Gasteiger partial charge is 0.214 e. The van der Waals surface area contributed by atoms with Crippen molar-refractivity contribution < 1.29 is 13.2 Å². The number of sulfonamides is 1. The lowest BCUT2D eigenvalue weighted by atomic mass is 10.2. The van der Waals surface area contributed by atoms with Gasteiger partial charge in [-0.15, -0.1) is 12.4 Å². The van der Waals surface area contributed by atoms with Gasteiger partial charge in [0.05, 0.1) is 12.4 Å². The standard InChI is InChI=1S/C10H20N2O3S.ClH/c13-16(14,9-10-2-7-15-8-10)12-5-1-3-11-4-6-12;/h10-11H,1-9H2;1H. The number of nitrogens with zero attached hydrogens (tertiary/aromatic N) is 1. The molecule has 0 aromatic carbocycles. The Bertz CT molecular complexity index is 310. The molecule has 0 bridgehead atoms. The van der Waals surface area contributed by atoms with Crippen LogP contribution in [-0.4, -0.2) is 57.9 Å². The van der Waals surface area contributed by atoms with E-state index in [4.69, 9.17) is 4.74 Å². The van der Waals surface area contributed by atoms with E-state index in [1.807, 2.05) is 0 Å². The Morgan fingerprint density at radius 3 is 2.82 bits per heavy atom. The third-order valence-corrected chi connectivity index (χ3v) is 5.21. The van der Waals surface area contributed by atoms with E-state index in [2.05, 4.69) is 5.32 Å². The normalized spacial score (nSPS) is 27.4. The highest BCUT2D eigenvalue weighted by Gasteiger charge is 2.28. The molecule has 0 aliphatic carbocycles. The Balaban J connectivity index is 0.00000144. The van der Waals surface area contributed by atoms with Crippen molar-refractivity contribution in [2.75, 3.05) is 45.1 Å². The van der Waals surface area contributed by atoms with Crippen molar-refractivity contribution in [2.24, 2.45) is 5.92 Å². The maximum Gasteiger partial charge on any atom is 0.214 e. The molecular formula is C10H21ClN2O3S. The Morgan fingerprint density at radius 1 is 1.29 bits per heavy atom. The number of hydrogen-bond acceptors (Lipinski definition) is 4. The number of hydrogen-bond donors (Lipinski definition) is 1. The molecule has 2 saturated heterocycles. The van der Waals surface area contributed by atoms with Crippen LogP contribution in [0.1, 0.15) is 12.8 Å². The molecule has 1 N–H and O–H groups in total. The largest absolute Gasteiger partial charge is 0.381 e. The van der Waals surface area contributed by atoms with Gasteiger partial charge < -0.3 is 10.1 Å². The molecule has 7 heteroatoms. The van der Waals surface area contributed by atoms with Gasteiger partial charge in [0.1, 0.15) is 0 Å². The molecule has 102 valence electrons. The average Bonchev–Trinajstić information content (AvgIpc) is 2.56. The number of ether oxygens (including phenoxy) is 1. The van der Waals surface area contributed by atoms with Crippen LogP contribution in [0.4, 0.5) is 0 Å². The molecule has 17 heavy (non-hydrogen) atoms. The molecule has 0 radical (unpaired) electrons. The molecule has 2 fully saturated rings. The SMILES string of the molecule is Cl.O=S(=O)(CC1CCOC1)N1CCCNCC1. The Morgan fingerprint density at radius 2 is 2.12 bits per heavy atom. The van der Waals surface area contributed by atoms with Crippen LogP contribution < -0.4 is 5.32 Å². The second-order valence-corrected chi connectivity index (χ2v) is 6.52.